The molecule has 1 aliphatic carbocycles. The molecule has 0 spiro atoms. The van der Waals surface area contributed by atoms with Crippen LogP contribution >= 0.6 is 0 Å². The van der Waals surface area contributed by atoms with Gasteiger partial charge < -0.3 is 14.9 Å². The van der Waals surface area contributed by atoms with Crippen LogP contribution in [0.3, 0.4) is 0 Å². The number of nitrogens with zero attached hydrogens (tertiary/aromatic N) is 10. The van der Waals surface area contributed by atoms with Gasteiger partial charge in [-0.2, -0.15) is 10.2 Å². The number of phenolic OH excluding ortho intramolecular Hbond substituents is 2. The standard InChI is InChI=1S/C29H28N10O4/c1-18-32-34-36-38(18)30-16-22-7-9-27(41)25(14-22)29(24-6-4-5-21(13-24)11-12-43-20(3)40)26-15-23(8-10-28(26)42)17-31-39-19(2)33-35-37-39/h4-5,7-10,13-17,41-42H,6,11-12H2,1-3H3. The number of benzene rings is 2. The van der Waals surface area contributed by atoms with E-state index in [1.165, 1.54) is 16.5 Å². The first kappa shape index (κ1) is 28.7. The Balaban J connectivity index is 1.62. The first-order valence-electron chi connectivity index (χ1n) is 13.3. The predicted molar refractivity (Wildman–Crippen MR) is 156 cm³/mol. The van der Waals surface area contributed by atoms with Gasteiger partial charge in [0.05, 0.1) is 19.0 Å². The zero-order valence-corrected chi connectivity index (χ0v) is 23.7. The van der Waals surface area contributed by atoms with Gasteiger partial charge in [-0.05, 0) is 105 Å². The summed E-state index contributed by atoms with van der Waals surface area (Å²) >= 11 is 0. The SMILES string of the molecule is CC(=O)OCCC1=CC(=C(c2cc(C=Nn3nnnc3C)ccc2O)c2cc(C=Nn3nnnc3C)ccc2O)CC=C1. The van der Waals surface area contributed by atoms with Crippen molar-refractivity contribution in [3.8, 4) is 11.5 Å². The van der Waals surface area contributed by atoms with Gasteiger partial charge in [-0.15, -0.1) is 19.8 Å². The Labute approximate surface area is 246 Å². The molecule has 14 heteroatoms. The van der Waals surface area contributed by atoms with E-state index in [0.717, 1.165) is 11.1 Å². The van der Waals surface area contributed by atoms with Gasteiger partial charge in [0.15, 0.2) is 11.6 Å². The number of aryl methyl sites for hydroxylation is 2. The first-order valence-corrected chi connectivity index (χ1v) is 13.3. The van der Waals surface area contributed by atoms with E-state index >= 15 is 0 Å². The highest BCUT2D eigenvalue weighted by Gasteiger charge is 2.20. The van der Waals surface area contributed by atoms with Crippen LogP contribution in [0, 0.1) is 13.8 Å². The molecule has 0 atom stereocenters. The van der Waals surface area contributed by atoms with Crippen molar-refractivity contribution >= 4 is 24.0 Å². The molecule has 0 aliphatic heterocycles. The molecule has 1 aliphatic rings. The monoisotopic (exact) mass is 580 g/mol. The molecule has 43 heavy (non-hydrogen) atoms. The molecule has 0 fully saturated rings. The minimum atomic E-state index is -0.350. The number of rotatable bonds is 9. The number of aromatic hydroxyl groups is 2. The van der Waals surface area contributed by atoms with Crippen molar-refractivity contribution in [1.29, 1.82) is 0 Å². The average Bonchev–Trinajstić information content (AvgIpc) is 3.60. The van der Waals surface area contributed by atoms with Crippen LogP contribution < -0.4 is 0 Å². The van der Waals surface area contributed by atoms with Gasteiger partial charge in [-0.3, -0.25) is 4.79 Å². The third kappa shape index (κ3) is 6.93. The van der Waals surface area contributed by atoms with Crippen LogP contribution in [0.25, 0.3) is 5.57 Å². The van der Waals surface area contributed by atoms with E-state index in [9.17, 15) is 15.0 Å². The number of hydrogen-bond donors (Lipinski definition) is 2. The Morgan fingerprint density at radius 1 is 0.930 bits per heavy atom. The number of carbonyl (C=O) groups is 1. The maximum Gasteiger partial charge on any atom is 0.302 e. The molecule has 0 saturated carbocycles. The van der Waals surface area contributed by atoms with Crippen LogP contribution in [0.15, 0.2) is 76.0 Å². The van der Waals surface area contributed by atoms with E-state index in [1.807, 2.05) is 18.2 Å². The van der Waals surface area contributed by atoms with Crippen LogP contribution in [0.1, 0.15) is 53.7 Å². The average molecular weight is 581 g/mol. The molecule has 0 bridgehead atoms. The summed E-state index contributed by atoms with van der Waals surface area (Å²) in [5.74, 6) is 0.686. The highest BCUT2D eigenvalue weighted by Crippen LogP contribution is 2.40. The number of ether oxygens (including phenoxy) is 1. The summed E-state index contributed by atoms with van der Waals surface area (Å²) in [5.41, 5.74) is 4.64. The molecule has 2 aromatic heterocycles. The summed E-state index contributed by atoms with van der Waals surface area (Å²) < 4.78 is 5.14. The number of phenols is 2. The highest BCUT2D eigenvalue weighted by molar-refractivity contribution is 5.93. The van der Waals surface area contributed by atoms with Crippen molar-refractivity contribution in [3.63, 3.8) is 0 Å². The fraction of sp³-hybridized carbons (Fsp3) is 0.207. The molecule has 0 saturated heterocycles. The van der Waals surface area contributed by atoms with E-state index in [1.54, 1.807) is 62.7 Å². The third-order valence-electron chi connectivity index (χ3n) is 6.47. The summed E-state index contributed by atoms with van der Waals surface area (Å²) in [5, 5.41) is 53.4. The molecule has 5 rings (SSSR count). The molecule has 14 nitrogen and oxygen atoms in total. The van der Waals surface area contributed by atoms with E-state index in [2.05, 4.69) is 41.3 Å². The van der Waals surface area contributed by atoms with E-state index in [0.29, 0.717) is 52.3 Å². The lowest BCUT2D eigenvalue weighted by molar-refractivity contribution is -0.140. The number of tetrazole rings is 2. The zero-order valence-electron chi connectivity index (χ0n) is 23.7. The third-order valence-corrected chi connectivity index (χ3v) is 6.47. The maximum atomic E-state index is 11.3. The normalized spacial score (nSPS) is 13.2. The summed E-state index contributed by atoms with van der Waals surface area (Å²) in [6.07, 6.45) is 10.1. The van der Waals surface area contributed by atoms with Crippen molar-refractivity contribution in [3.05, 3.63) is 99.7 Å². The summed E-state index contributed by atoms with van der Waals surface area (Å²) in [4.78, 5) is 13.9. The van der Waals surface area contributed by atoms with Crippen molar-refractivity contribution < 1.29 is 19.7 Å². The number of esters is 1. The molecule has 4 aromatic rings. The van der Waals surface area contributed by atoms with Gasteiger partial charge in [-0.25, -0.2) is 0 Å². The largest absolute Gasteiger partial charge is 0.507 e. The van der Waals surface area contributed by atoms with Crippen molar-refractivity contribution in [2.45, 2.75) is 33.6 Å². The molecule has 2 aromatic carbocycles. The van der Waals surface area contributed by atoms with Gasteiger partial charge >= 0.3 is 5.97 Å². The lowest BCUT2D eigenvalue weighted by Crippen LogP contribution is -2.03. The lowest BCUT2D eigenvalue weighted by Gasteiger charge is -2.19. The second-order valence-corrected chi connectivity index (χ2v) is 9.59. The second kappa shape index (κ2) is 12.8. The van der Waals surface area contributed by atoms with Gasteiger partial charge in [0.2, 0.25) is 0 Å². The maximum absolute atomic E-state index is 11.3. The predicted octanol–water partition coefficient (Wildman–Crippen LogP) is 3.09. The zero-order chi connectivity index (χ0) is 30.3. The van der Waals surface area contributed by atoms with Crippen molar-refractivity contribution in [2.24, 2.45) is 10.2 Å². The Kier molecular flexibility index (Phi) is 8.55. The summed E-state index contributed by atoms with van der Waals surface area (Å²) in [6.45, 7) is 5.05. The summed E-state index contributed by atoms with van der Waals surface area (Å²) in [6, 6.07) is 10.1. The second-order valence-electron chi connectivity index (χ2n) is 9.59. The molecule has 0 amide bonds. The highest BCUT2D eigenvalue weighted by atomic mass is 16.5. The molecule has 0 radical (unpaired) electrons. The van der Waals surface area contributed by atoms with Crippen molar-refractivity contribution in [2.75, 3.05) is 6.61 Å². The smallest absolute Gasteiger partial charge is 0.302 e. The van der Waals surface area contributed by atoms with Crippen LogP contribution in [-0.2, 0) is 9.53 Å². The number of carbonyl (C=O) groups excluding carboxylic acids is 1. The van der Waals surface area contributed by atoms with E-state index in [-0.39, 0.29) is 24.1 Å². The lowest BCUT2D eigenvalue weighted by atomic mass is 9.86. The van der Waals surface area contributed by atoms with Gasteiger partial charge in [0, 0.05) is 24.5 Å². The molecular weight excluding hydrogens is 552 g/mol. The minimum absolute atomic E-state index is 0.00505. The van der Waals surface area contributed by atoms with E-state index in [4.69, 9.17) is 4.74 Å². The Hall–Kier alpha value is -5.79. The van der Waals surface area contributed by atoms with E-state index < -0.39 is 0 Å². The van der Waals surface area contributed by atoms with Crippen LogP contribution in [0.5, 0.6) is 11.5 Å². The Morgan fingerprint density at radius 3 is 1.98 bits per heavy atom. The molecular formula is C29H28N10O4. The van der Waals surface area contributed by atoms with Crippen molar-refractivity contribution in [1.82, 2.24) is 40.6 Å². The van der Waals surface area contributed by atoms with Crippen LogP contribution in [0.2, 0.25) is 0 Å². The number of hydrogen-bond acceptors (Lipinski definition) is 12. The van der Waals surface area contributed by atoms with Gasteiger partial charge in [-0.1, -0.05) is 18.2 Å². The Morgan fingerprint density at radius 2 is 1.49 bits per heavy atom. The molecule has 2 N–H and O–H groups in total. The molecule has 0 unspecified atom stereocenters. The van der Waals surface area contributed by atoms with Crippen LogP contribution in [0.4, 0.5) is 0 Å². The fourth-order valence-electron chi connectivity index (χ4n) is 4.38. The Bertz CT molecular complexity index is 1710. The first-order chi connectivity index (χ1) is 20.8. The topological polar surface area (TPSA) is 179 Å². The van der Waals surface area contributed by atoms with Crippen LogP contribution in [-0.4, -0.2) is 75.9 Å². The quantitative estimate of drug-likeness (QED) is 0.221. The van der Waals surface area contributed by atoms with Gasteiger partial charge in [0.1, 0.15) is 11.5 Å². The fourth-order valence-corrected chi connectivity index (χ4v) is 4.38. The number of allylic oxidation sites excluding steroid dienone is 4. The molecule has 218 valence electrons. The summed E-state index contributed by atoms with van der Waals surface area (Å²) in [7, 11) is 0. The molecule has 2 heterocycles. The number of aromatic nitrogens is 8. The minimum Gasteiger partial charge on any atom is -0.507 e. The van der Waals surface area contributed by atoms with Gasteiger partial charge in [0.25, 0.3) is 0 Å².